The van der Waals surface area contributed by atoms with E-state index >= 15 is 0 Å². The van der Waals surface area contributed by atoms with Crippen LogP contribution in [0.25, 0.3) is 11.2 Å². The minimum atomic E-state index is 0.644. The third-order valence-corrected chi connectivity index (χ3v) is 1.34. The van der Waals surface area contributed by atoms with E-state index in [1.54, 1.807) is 12.4 Å². The van der Waals surface area contributed by atoms with Gasteiger partial charge in [0.05, 0.1) is 18.1 Å². The van der Waals surface area contributed by atoms with Crippen molar-refractivity contribution in [1.29, 1.82) is 0 Å². The van der Waals surface area contributed by atoms with Gasteiger partial charge in [0.1, 0.15) is 11.8 Å². The summed E-state index contributed by atoms with van der Waals surface area (Å²) < 4.78 is 0. The second kappa shape index (κ2) is 4.45. The van der Waals surface area contributed by atoms with Gasteiger partial charge < -0.3 is 0 Å². The molecule has 68 valence electrons. The standard InChI is InChI=1S/C7H6N4.C2H6/c1-5-2-9-7-6(11-5)3-8-4-10-7;1-2/h2-4H,1H3;1-2H3. The molecule has 2 aromatic heterocycles. The Morgan fingerprint density at radius 2 is 1.85 bits per heavy atom. The van der Waals surface area contributed by atoms with E-state index in [1.165, 1.54) is 6.33 Å². The van der Waals surface area contributed by atoms with Crippen molar-refractivity contribution in [2.75, 3.05) is 0 Å². The van der Waals surface area contributed by atoms with E-state index in [9.17, 15) is 0 Å². The lowest BCUT2D eigenvalue weighted by atomic mass is 10.4. The molecule has 0 aliphatic carbocycles. The zero-order valence-corrected chi connectivity index (χ0v) is 8.02. The molecule has 0 spiro atoms. The van der Waals surface area contributed by atoms with Crippen LogP contribution in [0, 0.1) is 6.92 Å². The largest absolute Gasteiger partial charge is 0.247 e. The van der Waals surface area contributed by atoms with Crippen LogP contribution in [0.2, 0.25) is 0 Å². The van der Waals surface area contributed by atoms with Crippen LogP contribution in [0.1, 0.15) is 19.5 Å². The molecular weight excluding hydrogens is 164 g/mol. The molecular formula is C9H12N4. The van der Waals surface area contributed by atoms with Gasteiger partial charge in [0.15, 0.2) is 5.65 Å². The van der Waals surface area contributed by atoms with Gasteiger partial charge in [-0.1, -0.05) is 13.8 Å². The summed E-state index contributed by atoms with van der Waals surface area (Å²) in [6.07, 6.45) is 4.81. The van der Waals surface area contributed by atoms with Crippen LogP contribution in [0.15, 0.2) is 18.7 Å². The summed E-state index contributed by atoms with van der Waals surface area (Å²) in [7, 11) is 0. The number of aryl methyl sites for hydroxylation is 1. The lowest BCUT2D eigenvalue weighted by Crippen LogP contribution is -1.89. The average molecular weight is 176 g/mol. The van der Waals surface area contributed by atoms with E-state index in [2.05, 4.69) is 19.9 Å². The fourth-order valence-electron chi connectivity index (χ4n) is 0.868. The maximum Gasteiger partial charge on any atom is 0.181 e. The van der Waals surface area contributed by atoms with Crippen molar-refractivity contribution in [1.82, 2.24) is 19.9 Å². The number of rotatable bonds is 0. The lowest BCUT2D eigenvalue weighted by molar-refractivity contribution is 1.11. The van der Waals surface area contributed by atoms with Crippen LogP contribution in [0.4, 0.5) is 0 Å². The Balaban J connectivity index is 0.000000396. The van der Waals surface area contributed by atoms with Gasteiger partial charge in [0.2, 0.25) is 0 Å². The smallest absolute Gasteiger partial charge is 0.181 e. The summed E-state index contributed by atoms with van der Waals surface area (Å²) in [5.74, 6) is 0. The third-order valence-electron chi connectivity index (χ3n) is 1.34. The average Bonchev–Trinajstić information content (AvgIpc) is 2.21. The molecule has 0 aliphatic heterocycles. The van der Waals surface area contributed by atoms with Gasteiger partial charge in [-0.2, -0.15) is 0 Å². The Morgan fingerprint density at radius 3 is 2.62 bits per heavy atom. The maximum atomic E-state index is 4.19. The fourth-order valence-corrected chi connectivity index (χ4v) is 0.868. The van der Waals surface area contributed by atoms with E-state index in [-0.39, 0.29) is 0 Å². The Kier molecular flexibility index (Phi) is 3.25. The normalized spacial score (nSPS) is 9.15. The molecule has 4 heteroatoms. The van der Waals surface area contributed by atoms with E-state index in [0.717, 1.165) is 11.2 Å². The number of nitrogens with zero attached hydrogens (tertiary/aromatic N) is 4. The summed E-state index contributed by atoms with van der Waals surface area (Å²) in [5, 5.41) is 0. The molecule has 2 heterocycles. The van der Waals surface area contributed by atoms with Gasteiger partial charge in [0.25, 0.3) is 0 Å². The molecule has 0 N–H and O–H groups in total. The molecule has 0 fully saturated rings. The second-order valence-electron chi connectivity index (χ2n) is 2.24. The number of fused-ring (bicyclic) bond motifs is 1. The van der Waals surface area contributed by atoms with Gasteiger partial charge in [-0.25, -0.2) is 19.9 Å². The summed E-state index contributed by atoms with van der Waals surface area (Å²) in [4.78, 5) is 16.0. The van der Waals surface area contributed by atoms with Crippen molar-refractivity contribution in [3.63, 3.8) is 0 Å². The van der Waals surface area contributed by atoms with Crippen LogP contribution in [-0.2, 0) is 0 Å². The lowest BCUT2D eigenvalue weighted by Gasteiger charge is -1.93. The van der Waals surface area contributed by atoms with Gasteiger partial charge in [-0.3, -0.25) is 0 Å². The van der Waals surface area contributed by atoms with Gasteiger partial charge >= 0.3 is 0 Å². The molecule has 0 bridgehead atoms. The highest BCUT2D eigenvalue weighted by Gasteiger charge is 1.94. The number of aromatic nitrogens is 4. The Hall–Kier alpha value is -1.58. The monoisotopic (exact) mass is 176 g/mol. The first-order chi connectivity index (χ1) is 6.36. The topological polar surface area (TPSA) is 51.6 Å². The summed E-state index contributed by atoms with van der Waals surface area (Å²) in [6.45, 7) is 5.89. The fraction of sp³-hybridized carbons (Fsp3) is 0.333. The molecule has 0 amide bonds. The molecule has 0 saturated heterocycles. The Morgan fingerprint density at radius 1 is 1.08 bits per heavy atom. The first kappa shape index (κ1) is 9.51. The first-order valence-electron chi connectivity index (χ1n) is 4.25. The zero-order valence-electron chi connectivity index (χ0n) is 8.02. The number of hydrogen-bond acceptors (Lipinski definition) is 4. The summed E-state index contributed by atoms with van der Waals surface area (Å²) in [5.41, 5.74) is 2.27. The van der Waals surface area contributed by atoms with Crippen LogP contribution >= 0.6 is 0 Å². The quantitative estimate of drug-likeness (QED) is 0.613. The van der Waals surface area contributed by atoms with Crippen LogP contribution < -0.4 is 0 Å². The highest BCUT2D eigenvalue weighted by atomic mass is 14.9. The predicted molar refractivity (Wildman–Crippen MR) is 51.2 cm³/mol. The summed E-state index contributed by atoms with van der Waals surface area (Å²) in [6, 6.07) is 0. The van der Waals surface area contributed by atoms with Gasteiger partial charge in [-0.15, -0.1) is 0 Å². The van der Waals surface area contributed by atoms with Crippen molar-refractivity contribution in [2.45, 2.75) is 20.8 Å². The molecule has 0 unspecified atom stereocenters. The zero-order chi connectivity index (χ0) is 9.68. The van der Waals surface area contributed by atoms with Crippen molar-refractivity contribution < 1.29 is 0 Å². The van der Waals surface area contributed by atoms with Gasteiger partial charge in [0, 0.05) is 0 Å². The SMILES string of the molecule is CC.Cc1cnc2ncncc2n1. The van der Waals surface area contributed by atoms with Crippen LogP contribution in [0.5, 0.6) is 0 Å². The molecule has 0 aliphatic rings. The van der Waals surface area contributed by atoms with Crippen molar-refractivity contribution in [3.8, 4) is 0 Å². The highest BCUT2D eigenvalue weighted by molar-refractivity contribution is 5.67. The van der Waals surface area contributed by atoms with E-state index in [1.807, 2.05) is 20.8 Å². The van der Waals surface area contributed by atoms with Crippen molar-refractivity contribution in [2.24, 2.45) is 0 Å². The van der Waals surface area contributed by atoms with Crippen LogP contribution in [-0.4, -0.2) is 19.9 Å². The molecule has 0 saturated carbocycles. The van der Waals surface area contributed by atoms with Crippen LogP contribution in [0.3, 0.4) is 0 Å². The summed E-state index contributed by atoms with van der Waals surface area (Å²) >= 11 is 0. The second-order valence-corrected chi connectivity index (χ2v) is 2.24. The molecule has 2 aromatic rings. The minimum Gasteiger partial charge on any atom is -0.247 e. The molecule has 0 aromatic carbocycles. The Bertz CT molecular complexity index is 386. The Labute approximate surface area is 77.1 Å². The van der Waals surface area contributed by atoms with Gasteiger partial charge in [-0.05, 0) is 6.92 Å². The first-order valence-corrected chi connectivity index (χ1v) is 4.25. The van der Waals surface area contributed by atoms with E-state index < -0.39 is 0 Å². The molecule has 13 heavy (non-hydrogen) atoms. The predicted octanol–water partition coefficient (Wildman–Crippen LogP) is 1.75. The molecule has 0 atom stereocenters. The highest BCUT2D eigenvalue weighted by Crippen LogP contribution is 2.01. The van der Waals surface area contributed by atoms with Crippen molar-refractivity contribution in [3.05, 3.63) is 24.4 Å². The maximum absolute atomic E-state index is 4.19. The number of hydrogen-bond donors (Lipinski definition) is 0. The molecule has 0 radical (unpaired) electrons. The van der Waals surface area contributed by atoms with Crippen molar-refractivity contribution >= 4 is 11.2 Å². The molecule has 4 nitrogen and oxygen atoms in total. The minimum absolute atomic E-state index is 0.644. The van der Waals surface area contributed by atoms with E-state index in [0.29, 0.717) is 5.65 Å². The molecule has 2 rings (SSSR count). The third kappa shape index (κ3) is 2.18. The van der Waals surface area contributed by atoms with E-state index in [4.69, 9.17) is 0 Å².